The monoisotopic (exact) mass is 276 g/mol. The number of aliphatic hydroxyl groups is 1. The normalized spacial score (nSPS) is 16.9. The quantitative estimate of drug-likeness (QED) is 0.836. The number of hydrogen-bond acceptors (Lipinski definition) is 3. The molecular weight excluding hydrogens is 252 g/mol. The minimum Gasteiger partial charge on any atom is -0.395 e. The van der Waals surface area contributed by atoms with Crippen molar-refractivity contribution in [3.63, 3.8) is 0 Å². The van der Waals surface area contributed by atoms with Crippen LogP contribution in [0.4, 0.5) is 5.69 Å². The molecule has 0 bridgehead atoms. The number of amides is 1. The number of benzene rings is 1. The second-order valence-corrected chi connectivity index (χ2v) is 5.28. The van der Waals surface area contributed by atoms with Crippen molar-refractivity contribution in [1.82, 2.24) is 4.90 Å². The fraction of sp³-hybridized carbons (Fsp3) is 0.562. The Hall–Kier alpha value is -1.55. The first kappa shape index (κ1) is 14.9. The molecule has 2 rings (SSSR count). The molecule has 0 saturated carbocycles. The highest BCUT2D eigenvalue weighted by molar-refractivity contribution is 5.87. The van der Waals surface area contributed by atoms with Gasteiger partial charge in [0, 0.05) is 24.7 Å². The lowest BCUT2D eigenvalue weighted by atomic mass is 10.1. The zero-order valence-corrected chi connectivity index (χ0v) is 12.3. The molecule has 4 nitrogen and oxygen atoms in total. The Morgan fingerprint density at radius 2 is 2.10 bits per heavy atom. The number of rotatable bonds is 6. The SMILES string of the molecule is CCC(CC)N(CCO)C(=O)C1Cc2ccccc2N1. The number of nitrogens with one attached hydrogen (secondary N) is 1. The summed E-state index contributed by atoms with van der Waals surface area (Å²) < 4.78 is 0. The van der Waals surface area contributed by atoms with E-state index in [0.717, 1.165) is 24.9 Å². The number of para-hydroxylation sites is 1. The summed E-state index contributed by atoms with van der Waals surface area (Å²) in [4.78, 5) is 14.6. The van der Waals surface area contributed by atoms with E-state index in [1.165, 1.54) is 5.56 Å². The summed E-state index contributed by atoms with van der Waals surface area (Å²) in [5, 5.41) is 12.5. The molecule has 1 heterocycles. The van der Waals surface area contributed by atoms with Gasteiger partial charge in [-0.3, -0.25) is 4.79 Å². The van der Waals surface area contributed by atoms with Crippen molar-refractivity contribution in [2.24, 2.45) is 0 Å². The Morgan fingerprint density at radius 1 is 1.40 bits per heavy atom. The van der Waals surface area contributed by atoms with E-state index in [-0.39, 0.29) is 24.6 Å². The first-order valence-electron chi connectivity index (χ1n) is 7.47. The third kappa shape index (κ3) is 2.96. The summed E-state index contributed by atoms with van der Waals surface area (Å²) in [7, 11) is 0. The molecule has 1 aliphatic heterocycles. The minimum atomic E-state index is -0.195. The van der Waals surface area contributed by atoms with E-state index in [1.54, 1.807) is 0 Å². The summed E-state index contributed by atoms with van der Waals surface area (Å²) in [5.41, 5.74) is 2.25. The fourth-order valence-electron chi connectivity index (χ4n) is 2.96. The van der Waals surface area contributed by atoms with Gasteiger partial charge in [-0.25, -0.2) is 0 Å². The molecular formula is C16H24N2O2. The van der Waals surface area contributed by atoms with Crippen molar-refractivity contribution in [2.45, 2.75) is 45.2 Å². The molecule has 20 heavy (non-hydrogen) atoms. The van der Waals surface area contributed by atoms with Gasteiger partial charge in [0.15, 0.2) is 0 Å². The van der Waals surface area contributed by atoms with E-state index in [1.807, 2.05) is 23.1 Å². The highest BCUT2D eigenvalue weighted by atomic mass is 16.3. The van der Waals surface area contributed by atoms with Crippen LogP contribution in [0.3, 0.4) is 0 Å². The number of anilines is 1. The van der Waals surface area contributed by atoms with E-state index < -0.39 is 0 Å². The Balaban J connectivity index is 2.10. The number of aliphatic hydroxyl groups excluding tert-OH is 1. The summed E-state index contributed by atoms with van der Waals surface area (Å²) >= 11 is 0. The average molecular weight is 276 g/mol. The number of carbonyl (C=O) groups is 1. The van der Waals surface area contributed by atoms with Crippen molar-refractivity contribution in [2.75, 3.05) is 18.5 Å². The molecule has 1 unspecified atom stereocenters. The number of hydrogen-bond donors (Lipinski definition) is 2. The smallest absolute Gasteiger partial charge is 0.245 e. The molecule has 2 N–H and O–H groups in total. The number of fused-ring (bicyclic) bond motifs is 1. The van der Waals surface area contributed by atoms with Gasteiger partial charge in [0.05, 0.1) is 6.61 Å². The van der Waals surface area contributed by atoms with Crippen LogP contribution in [0, 0.1) is 0 Å². The largest absolute Gasteiger partial charge is 0.395 e. The van der Waals surface area contributed by atoms with Crippen LogP contribution >= 0.6 is 0 Å². The zero-order chi connectivity index (χ0) is 14.5. The lowest BCUT2D eigenvalue weighted by molar-refractivity contribution is -0.135. The van der Waals surface area contributed by atoms with Crippen molar-refractivity contribution in [3.05, 3.63) is 29.8 Å². The third-order valence-electron chi connectivity index (χ3n) is 4.08. The Kier molecular flexibility index (Phi) is 5.01. The molecule has 1 aromatic carbocycles. The van der Waals surface area contributed by atoms with Gasteiger partial charge >= 0.3 is 0 Å². The van der Waals surface area contributed by atoms with Crippen molar-refractivity contribution in [3.8, 4) is 0 Å². The van der Waals surface area contributed by atoms with Gasteiger partial charge in [-0.2, -0.15) is 0 Å². The predicted molar refractivity (Wildman–Crippen MR) is 80.7 cm³/mol. The van der Waals surface area contributed by atoms with E-state index >= 15 is 0 Å². The molecule has 1 amide bonds. The third-order valence-corrected chi connectivity index (χ3v) is 4.08. The highest BCUT2D eigenvalue weighted by Gasteiger charge is 2.32. The van der Waals surface area contributed by atoms with Crippen LogP contribution in [0.2, 0.25) is 0 Å². The van der Waals surface area contributed by atoms with Gasteiger partial charge in [-0.1, -0.05) is 32.0 Å². The standard InChI is InChI=1S/C16H24N2O2/c1-3-13(4-2)18(9-10-19)16(20)15-11-12-7-5-6-8-14(12)17-15/h5-8,13,15,17,19H,3-4,9-11H2,1-2H3. The molecule has 0 fully saturated rings. The first-order valence-corrected chi connectivity index (χ1v) is 7.47. The molecule has 1 aliphatic rings. The molecule has 1 atom stereocenters. The van der Waals surface area contributed by atoms with E-state index in [9.17, 15) is 9.90 Å². The summed E-state index contributed by atoms with van der Waals surface area (Å²) in [6.07, 6.45) is 2.57. The summed E-state index contributed by atoms with van der Waals surface area (Å²) in [5.74, 6) is 0.101. The molecule has 0 radical (unpaired) electrons. The van der Waals surface area contributed by atoms with Crippen molar-refractivity contribution < 1.29 is 9.90 Å². The minimum absolute atomic E-state index is 0.0158. The molecule has 0 aliphatic carbocycles. The van der Waals surface area contributed by atoms with Gasteiger partial charge in [0.25, 0.3) is 0 Å². The molecule has 4 heteroatoms. The van der Waals surface area contributed by atoms with Gasteiger partial charge in [0.2, 0.25) is 5.91 Å². The topological polar surface area (TPSA) is 52.6 Å². The van der Waals surface area contributed by atoms with Crippen LogP contribution < -0.4 is 5.32 Å². The summed E-state index contributed by atoms with van der Waals surface area (Å²) in [6, 6.07) is 8.06. The van der Waals surface area contributed by atoms with Gasteiger partial charge in [0.1, 0.15) is 6.04 Å². The van der Waals surface area contributed by atoms with Gasteiger partial charge < -0.3 is 15.3 Å². The van der Waals surface area contributed by atoms with E-state index in [4.69, 9.17) is 0 Å². The Bertz CT molecular complexity index is 433. The lowest BCUT2D eigenvalue weighted by Crippen LogP contribution is -2.48. The average Bonchev–Trinajstić information content (AvgIpc) is 2.90. The van der Waals surface area contributed by atoms with Crippen LogP contribution in [0.5, 0.6) is 0 Å². The molecule has 0 aromatic heterocycles. The van der Waals surface area contributed by atoms with Gasteiger partial charge in [-0.15, -0.1) is 0 Å². The van der Waals surface area contributed by atoms with Crippen molar-refractivity contribution in [1.29, 1.82) is 0 Å². The summed E-state index contributed by atoms with van der Waals surface area (Å²) in [6.45, 7) is 4.60. The van der Waals surface area contributed by atoms with E-state index in [0.29, 0.717) is 6.54 Å². The fourth-order valence-corrected chi connectivity index (χ4v) is 2.96. The number of nitrogens with zero attached hydrogens (tertiary/aromatic N) is 1. The molecule has 110 valence electrons. The van der Waals surface area contributed by atoms with Gasteiger partial charge in [-0.05, 0) is 24.5 Å². The second-order valence-electron chi connectivity index (χ2n) is 5.28. The molecule has 1 aromatic rings. The Morgan fingerprint density at radius 3 is 2.70 bits per heavy atom. The predicted octanol–water partition coefficient (Wildman–Crippen LogP) is 2.03. The van der Waals surface area contributed by atoms with Crippen molar-refractivity contribution >= 4 is 11.6 Å². The maximum atomic E-state index is 12.7. The van der Waals surface area contributed by atoms with Crippen LogP contribution in [-0.2, 0) is 11.2 Å². The lowest BCUT2D eigenvalue weighted by Gasteiger charge is -2.32. The molecule has 0 saturated heterocycles. The highest BCUT2D eigenvalue weighted by Crippen LogP contribution is 2.26. The van der Waals surface area contributed by atoms with Crippen LogP contribution in [-0.4, -0.2) is 41.1 Å². The maximum Gasteiger partial charge on any atom is 0.245 e. The first-order chi connectivity index (χ1) is 9.71. The van der Waals surface area contributed by atoms with Crippen LogP contribution in [0.1, 0.15) is 32.3 Å². The second kappa shape index (κ2) is 6.75. The zero-order valence-electron chi connectivity index (χ0n) is 12.3. The molecule has 0 spiro atoms. The maximum absolute atomic E-state index is 12.7. The van der Waals surface area contributed by atoms with E-state index in [2.05, 4.69) is 25.2 Å². The van der Waals surface area contributed by atoms with Crippen LogP contribution in [0.25, 0.3) is 0 Å². The Labute approximate surface area is 120 Å². The van der Waals surface area contributed by atoms with Crippen LogP contribution in [0.15, 0.2) is 24.3 Å². The number of carbonyl (C=O) groups excluding carboxylic acids is 1.